The minimum absolute atomic E-state index is 0.0999. The van der Waals surface area contributed by atoms with Crippen LogP contribution in [0.4, 0.5) is 5.00 Å². The normalized spacial score (nSPS) is 17.2. The Morgan fingerprint density at radius 2 is 1.84 bits per heavy atom. The summed E-state index contributed by atoms with van der Waals surface area (Å²) in [5.74, 6) is -1.30. The number of anilines is 1. The van der Waals surface area contributed by atoms with Crippen molar-refractivity contribution in [3.63, 3.8) is 0 Å². The van der Waals surface area contributed by atoms with E-state index in [1.807, 2.05) is 24.3 Å². The third-order valence-corrected chi connectivity index (χ3v) is 8.41. The molecule has 1 saturated heterocycles. The highest BCUT2D eigenvalue weighted by Gasteiger charge is 2.34. The van der Waals surface area contributed by atoms with Crippen molar-refractivity contribution in [2.24, 2.45) is 5.92 Å². The average molecular weight is 473 g/mol. The molecular formula is C23H24N2O5S2. The quantitative estimate of drug-likeness (QED) is 0.545. The number of carbonyl (C=O) groups is 2. The number of piperidine rings is 1. The van der Waals surface area contributed by atoms with E-state index >= 15 is 0 Å². The first kappa shape index (κ1) is 22.4. The minimum atomic E-state index is -3.67. The highest BCUT2D eigenvalue weighted by Crippen LogP contribution is 2.37. The highest BCUT2D eigenvalue weighted by molar-refractivity contribution is 7.89. The van der Waals surface area contributed by atoms with Crippen LogP contribution in [0.25, 0.3) is 10.1 Å². The maximum absolute atomic E-state index is 13.1. The van der Waals surface area contributed by atoms with Gasteiger partial charge in [0.05, 0.1) is 17.4 Å². The second-order valence-electron chi connectivity index (χ2n) is 7.53. The number of hydrogen-bond acceptors (Lipinski definition) is 6. The predicted molar refractivity (Wildman–Crippen MR) is 124 cm³/mol. The molecule has 0 aliphatic carbocycles. The van der Waals surface area contributed by atoms with Crippen molar-refractivity contribution in [1.82, 2.24) is 4.31 Å². The molecule has 1 aliphatic heterocycles. The van der Waals surface area contributed by atoms with Crippen LogP contribution in [0.2, 0.25) is 0 Å². The molecule has 168 valence electrons. The molecule has 3 aromatic rings. The van der Waals surface area contributed by atoms with Gasteiger partial charge in [-0.05, 0) is 38.0 Å². The molecule has 1 fully saturated rings. The second kappa shape index (κ2) is 9.40. The summed E-state index contributed by atoms with van der Waals surface area (Å²) in [5, 5.41) is 4.03. The van der Waals surface area contributed by atoms with Crippen molar-refractivity contribution in [1.29, 1.82) is 0 Å². The number of thiophene rings is 1. The Bertz CT molecular complexity index is 1240. The number of amides is 1. The summed E-state index contributed by atoms with van der Waals surface area (Å²) in [4.78, 5) is 25.9. The summed E-state index contributed by atoms with van der Waals surface area (Å²) in [7, 11) is -3.67. The first-order valence-corrected chi connectivity index (χ1v) is 12.7. The van der Waals surface area contributed by atoms with Crippen molar-refractivity contribution in [3.05, 3.63) is 60.2 Å². The van der Waals surface area contributed by atoms with Crippen molar-refractivity contribution >= 4 is 48.3 Å². The molecule has 2 heterocycles. The number of sulfonamides is 1. The first-order chi connectivity index (χ1) is 15.4. The average Bonchev–Trinajstić information content (AvgIpc) is 3.17. The minimum Gasteiger partial charge on any atom is -0.462 e. The molecule has 9 heteroatoms. The van der Waals surface area contributed by atoms with Crippen molar-refractivity contribution in [3.8, 4) is 0 Å². The van der Waals surface area contributed by atoms with Gasteiger partial charge >= 0.3 is 5.97 Å². The summed E-state index contributed by atoms with van der Waals surface area (Å²) in [6, 6.07) is 15.6. The molecule has 2 aromatic carbocycles. The van der Waals surface area contributed by atoms with E-state index in [1.54, 1.807) is 37.3 Å². The summed E-state index contributed by atoms with van der Waals surface area (Å²) >= 11 is 1.31. The van der Waals surface area contributed by atoms with Gasteiger partial charge in [-0.15, -0.1) is 11.3 Å². The molecule has 4 rings (SSSR count). The number of esters is 1. The number of hydrogen-bond donors (Lipinski definition) is 1. The molecule has 0 saturated carbocycles. The molecule has 1 aliphatic rings. The van der Waals surface area contributed by atoms with Gasteiger partial charge in [-0.25, -0.2) is 13.2 Å². The fourth-order valence-electron chi connectivity index (χ4n) is 3.87. The number of nitrogens with one attached hydrogen (secondary N) is 1. The Hall–Kier alpha value is -2.75. The van der Waals surface area contributed by atoms with E-state index in [2.05, 4.69) is 5.32 Å². The van der Waals surface area contributed by atoms with Crippen LogP contribution < -0.4 is 5.32 Å². The van der Waals surface area contributed by atoms with E-state index in [-0.39, 0.29) is 24.0 Å². The number of fused-ring (bicyclic) bond motifs is 1. The topological polar surface area (TPSA) is 92.8 Å². The molecule has 7 nitrogen and oxygen atoms in total. The van der Waals surface area contributed by atoms with Gasteiger partial charge < -0.3 is 10.1 Å². The lowest BCUT2D eigenvalue weighted by atomic mass is 9.99. The number of ether oxygens (including phenoxy) is 1. The van der Waals surface area contributed by atoms with Crippen LogP contribution >= 0.6 is 11.3 Å². The number of benzene rings is 2. The Kier molecular flexibility index (Phi) is 6.59. The van der Waals surface area contributed by atoms with Crippen molar-refractivity contribution in [2.75, 3.05) is 25.0 Å². The molecular weight excluding hydrogens is 448 g/mol. The zero-order chi connectivity index (χ0) is 22.7. The smallest absolute Gasteiger partial charge is 0.341 e. The lowest BCUT2D eigenvalue weighted by molar-refractivity contribution is -0.120. The van der Waals surface area contributed by atoms with Gasteiger partial charge in [0, 0.05) is 23.2 Å². The van der Waals surface area contributed by atoms with E-state index in [0.29, 0.717) is 30.0 Å². The molecule has 1 amide bonds. The Morgan fingerprint density at radius 3 is 2.59 bits per heavy atom. The SMILES string of the molecule is CCOC(=O)c1c(NC(=O)C2CCCN(S(=O)(=O)c3ccccc3)C2)sc2ccccc12. The van der Waals surface area contributed by atoms with Crippen LogP contribution in [0.1, 0.15) is 30.1 Å². The van der Waals surface area contributed by atoms with E-state index in [9.17, 15) is 18.0 Å². The summed E-state index contributed by atoms with van der Waals surface area (Å²) < 4.78 is 33.4. The maximum Gasteiger partial charge on any atom is 0.341 e. The summed E-state index contributed by atoms with van der Waals surface area (Å²) in [5.41, 5.74) is 0.338. The lowest BCUT2D eigenvalue weighted by Gasteiger charge is -2.31. The fourth-order valence-corrected chi connectivity index (χ4v) is 6.51. The molecule has 0 radical (unpaired) electrons. The number of rotatable bonds is 6. The van der Waals surface area contributed by atoms with Gasteiger partial charge in [0.15, 0.2) is 0 Å². The summed E-state index contributed by atoms with van der Waals surface area (Å²) in [6.45, 7) is 2.43. The van der Waals surface area contributed by atoms with E-state index < -0.39 is 21.9 Å². The highest BCUT2D eigenvalue weighted by atomic mass is 32.2. The zero-order valence-electron chi connectivity index (χ0n) is 17.6. The van der Waals surface area contributed by atoms with Gasteiger partial charge in [0.1, 0.15) is 10.6 Å². The molecule has 32 heavy (non-hydrogen) atoms. The zero-order valence-corrected chi connectivity index (χ0v) is 19.2. The van der Waals surface area contributed by atoms with Crippen LogP contribution in [-0.2, 0) is 19.6 Å². The largest absolute Gasteiger partial charge is 0.462 e. The standard InChI is InChI=1S/C23H24N2O5S2/c1-2-30-23(27)20-18-12-6-7-13-19(18)31-22(20)24-21(26)16-9-8-14-25(15-16)32(28,29)17-10-4-3-5-11-17/h3-7,10-13,16H,2,8-9,14-15H2,1H3,(H,24,26). The lowest BCUT2D eigenvalue weighted by Crippen LogP contribution is -2.43. The third kappa shape index (κ3) is 4.41. The second-order valence-corrected chi connectivity index (χ2v) is 10.5. The molecule has 1 aromatic heterocycles. The number of nitrogens with zero attached hydrogens (tertiary/aromatic N) is 1. The van der Waals surface area contributed by atoms with E-state index in [4.69, 9.17) is 4.74 Å². The molecule has 1 unspecified atom stereocenters. The molecule has 0 spiro atoms. The Labute approximate surface area is 191 Å². The van der Waals surface area contributed by atoms with E-state index in [0.717, 1.165) is 10.1 Å². The predicted octanol–water partition coefficient (Wildman–Crippen LogP) is 4.12. The molecule has 1 N–H and O–H groups in total. The third-order valence-electron chi connectivity index (χ3n) is 5.45. The summed E-state index contributed by atoms with van der Waals surface area (Å²) in [6.07, 6.45) is 1.16. The Balaban J connectivity index is 1.56. The first-order valence-electron chi connectivity index (χ1n) is 10.5. The van der Waals surface area contributed by atoms with E-state index in [1.165, 1.54) is 15.6 Å². The van der Waals surface area contributed by atoms with Crippen LogP contribution in [0.3, 0.4) is 0 Å². The van der Waals surface area contributed by atoms with Crippen molar-refractivity contribution in [2.45, 2.75) is 24.7 Å². The van der Waals surface area contributed by atoms with Gasteiger partial charge in [-0.2, -0.15) is 4.31 Å². The van der Waals surface area contributed by atoms with Gasteiger partial charge in [-0.3, -0.25) is 4.79 Å². The molecule has 0 bridgehead atoms. The monoisotopic (exact) mass is 472 g/mol. The van der Waals surface area contributed by atoms with Gasteiger partial charge in [-0.1, -0.05) is 36.4 Å². The maximum atomic E-state index is 13.1. The van der Waals surface area contributed by atoms with Crippen LogP contribution in [0.15, 0.2) is 59.5 Å². The number of carbonyl (C=O) groups excluding carboxylic acids is 2. The van der Waals surface area contributed by atoms with Crippen LogP contribution in [0, 0.1) is 5.92 Å². The van der Waals surface area contributed by atoms with Crippen LogP contribution in [-0.4, -0.2) is 44.3 Å². The van der Waals surface area contributed by atoms with Crippen molar-refractivity contribution < 1.29 is 22.7 Å². The Morgan fingerprint density at radius 1 is 1.12 bits per heavy atom. The van der Waals surface area contributed by atoms with Crippen LogP contribution in [0.5, 0.6) is 0 Å². The fraction of sp³-hybridized carbons (Fsp3) is 0.304. The van der Waals surface area contributed by atoms with Gasteiger partial charge in [0.2, 0.25) is 15.9 Å². The van der Waals surface area contributed by atoms with Gasteiger partial charge in [0.25, 0.3) is 0 Å². The molecule has 1 atom stereocenters.